The van der Waals surface area contributed by atoms with Crippen molar-refractivity contribution in [3.05, 3.63) is 66.0 Å². The Kier molecular flexibility index (Phi) is 6.57. The van der Waals surface area contributed by atoms with Crippen LogP contribution in [-0.4, -0.2) is 55.4 Å². The van der Waals surface area contributed by atoms with E-state index in [0.29, 0.717) is 6.61 Å². The van der Waals surface area contributed by atoms with Crippen molar-refractivity contribution in [1.82, 2.24) is 15.2 Å². The molecule has 6 heteroatoms. The maximum Gasteiger partial charge on any atom is 0.407 e. The molecule has 1 saturated heterocycles. The van der Waals surface area contributed by atoms with E-state index in [4.69, 9.17) is 9.47 Å². The van der Waals surface area contributed by atoms with Crippen LogP contribution < -0.4 is 5.32 Å². The van der Waals surface area contributed by atoms with Crippen LogP contribution in [-0.2, 0) is 16.1 Å². The van der Waals surface area contributed by atoms with E-state index in [2.05, 4.69) is 15.2 Å². The lowest BCUT2D eigenvalue weighted by Crippen LogP contribution is -2.40. The Balaban J connectivity index is 1.60. The normalized spacial score (nSPS) is 20.0. The Morgan fingerprint density at radius 2 is 1.96 bits per heavy atom. The van der Waals surface area contributed by atoms with Gasteiger partial charge in [0.15, 0.2) is 0 Å². The van der Waals surface area contributed by atoms with Crippen LogP contribution in [0.2, 0.25) is 0 Å². The number of amides is 1. The van der Waals surface area contributed by atoms with Gasteiger partial charge in [-0.1, -0.05) is 30.3 Å². The summed E-state index contributed by atoms with van der Waals surface area (Å²) in [5, 5.41) is 3.04. The second-order valence-electron chi connectivity index (χ2n) is 6.45. The van der Waals surface area contributed by atoms with E-state index >= 15 is 0 Å². The third-order valence-corrected chi connectivity index (χ3v) is 4.66. The average molecular weight is 355 g/mol. The summed E-state index contributed by atoms with van der Waals surface area (Å²) in [5.74, 6) is 0.208. The number of methoxy groups -OCH3 is 1. The third-order valence-electron chi connectivity index (χ3n) is 4.66. The minimum atomic E-state index is -0.383. The highest BCUT2D eigenvalue weighted by atomic mass is 16.5. The molecule has 1 aromatic heterocycles. The molecular formula is C20H25N3O3. The molecule has 26 heavy (non-hydrogen) atoms. The topological polar surface area (TPSA) is 63.7 Å². The average Bonchev–Trinajstić information content (AvgIpc) is 3.09. The SMILES string of the molecule is COCCN1CC(NC(=O)OCc2ccccc2)C(c2ccncc2)C1. The van der Waals surface area contributed by atoms with E-state index in [1.165, 1.54) is 5.56 Å². The Morgan fingerprint density at radius 3 is 2.69 bits per heavy atom. The fourth-order valence-electron chi connectivity index (χ4n) is 3.30. The van der Waals surface area contributed by atoms with Crippen molar-refractivity contribution in [3.8, 4) is 0 Å². The second-order valence-corrected chi connectivity index (χ2v) is 6.45. The number of nitrogens with zero attached hydrogens (tertiary/aromatic N) is 2. The molecule has 3 rings (SSSR count). The van der Waals surface area contributed by atoms with E-state index in [0.717, 1.165) is 25.2 Å². The molecule has 2 aromatic rings. The third kappa shape index (κ3) is 5.03. The molecule has 0 bridgehead atoms. The first-order valence-electron chi connectivity index (χ1n) is 8.84. The first-order valence-corrected chi connectivity index (χ1v) is 8.84. The predicted molar refractivity (Wildman–Crippen MR) is 98.8 cm³/mol. The van der Waals surface area contributed by atoms with Crippen LogP contribution in [0.3, 0.4) is 0 Å². The highest BCUT2D eigenvalue weighted by Gasteiger charge is 2.34. The number of carbonyl (C=O) groups is 1. The van der Waals surface area contributed by atoms with Crippen LogP contribution >= 0.6 is 0 Å². The molecule has 0 aliphatic carbocycles. The minimum absolute atomic E-state index is 0.00229. The van der Waals surface area contributed by atoms with Gasteiger partial charge in [-0.05, 0) is 23.3 Å². The molecular weight excluding hydrogens is 330 g/mol. The van der Waals surface area contributed by atoms with Crippen LogP contribution in [0, 0.1) is 0 Å². The van der Waals surface area contributed by atoms with Crippen LogP contribution in [0.25, 0.3) is 0 Å². The van der Waals surface area contributed by atoms with Crippen molar-refractivity contribution in [3.63, 3.8) is 0 Å². The predicted octanol–water partition coefficient (Wildman–Crippen LogP) is 2.42. The molecule has 1 fully saturated rings. The molecule has 0 saturated carbocycles. The molecule has 138 valence electrons. The number of aromatic nitrogens is 1. The largest absolute Gasteiger partial charge is 0.445 e. The molecule has 1 aliphatic heterocycles. The lowest BCUT2D eigenvalue weighted by molar-refractivity contribution is 0.134. The van der Waals surface area contributed by atoms with Crippen molar-refractivity contribution < 1.29 is 14.3 Å². The zero-order chi connectivity index (χ0) is 18.2. The number of hydrogen-bond acceptors (Lipinski definition) is 5. The number of carbonyl (C=O) groups excluding carboxylic acids is 1. The molecule has 6 nitrogen and oxygen atoms in total. The number of ether oxygens (including phenoxy) is 2. The number of nitrogens with one attached hydrogen (secondary N) is 1. The molecule has 2 atom stereocenters. The van der Waals surface area contributed by atoms with Crippen LogP contribution in [0.4, 0.5) is 4.79 Å². The molecule has 1 N–H and O–H groups in total. The van der Waals surface area contributed by atoms with Gasteiger partial charge in [-0.2, -0.15) is 0 Å². The van der Waals surface area contributed by atoms with Crippen molar-refractivity contribution in [2.24, 2.45) is 0 Å². The zero-order valence-electron chi connectivity index (χ0n) is 15.0. The summed E-state index contributed by atoms with van der Waals surface area (Å²) in [4.78, 5) is 18.7. The second kappa shape index (κ2) is 9.31. The van der Waals surface area contributed by atoms with Gasteiger partial charge in [0.05, 0.1) is 12.6 Å². The molecule has 1 aromatic carbocycles. The maximum atomic E-state index is 12.3. The zero-order valence-corrected chi connectivity index (χ0v) is 15.0. The first-order chi connectivity index (χ1) is 12.8. The Labute approximate surface area is 154 Å². The van der Waals surface area contributed by atoms with Crippen molar-refractivity contribution in [1.29, 1.82) is 0 Å². The van der Waals surface area contributed by atoms with Gasteiger partial charge in [0, 0.05) is 45.1 Å². The van der Waals surface area contributed by atoms with Gasteiger partial charge in [0.25, 0.3) is 0 Å². The highest BCUT2D eigenvalue weighted by molar-refractivity contribution is 5.68. The number of likely N-dealkylation sites (tertiary alicyclic amines) is 1. The summed E-state index contributed by atoms with van der Waals surface area (Å²) in [5.41, 5.74) is 2.15. The Morgan fingerprint density at radius 1 is 1.19 bits per heavy atom. The van der Waals surface area contributed by atoms with E-state index in [-0.39, 0.29) is 24.7 Å². The number of rotatable bonds is 7. The van der Waals surface area contributed by atoms with Crippen LogP contribution in [0.5, 0.6) is 0 Å². The molecule has 2 unspecified atom stereocenters. The number of alkyl carbamates (subject to hydrolysis) is 1. The molecule has 2 heterocycles. The van der Waals surface area contributed by atoms with Gasteiger partial charge in [0.2, 0.25) is 0 Å². The van der Waals surface area contributed by atoms with Crippen molar-refractivity contribution in [2.75, 3.05) is 33.4 Å². The van der Waals surface area contributed by atoms with Crippen LogP contribution in [0.15, 0.2) is 54.9 Å². The van der Waals surface area contributed by atoms with Gasteiger partial charge in [-0.25, -0.2) is 4.79 Å². The molecule has 1 amide bonds. The highest BCUT2D eigenvalue weighted by Crippen LogP contribution is 2.27. The minimum Gasteiger partial charge on any atom is -0.445 e. The molecule has 0 radical (unpaired) electrons. The number of hydrogen-bond donors (Lipinski definition) is 1. The molecule has 1 aliphatic rings. The summed E-state index contributed by atoms with van der Waals surface area (Å²) in [6.45, 7) is 3.43. The van der Waals surface area contributed by atoms with Gasteiger partial charge < -0.3 is 14.8 Å². The van der Waals surface area contributed by atoms with E-state index in [1.807, 2.05) is 42.5 Å². The number of benzene rings is 1. The van der Waals surface area contributed by atoms with Crippen molar-refractivity contribution >= 4 is 6.09 Å². The Bertz CT molecular complexity index is 681. The van der Waals surface area contributed by atoms with Gasteiger partial charge in [-0.15, -0.1) is 0 Å². The summed E-state index contributed by atoms with van der Waals surface area (Å²) < 4.78 is 10.6. The standard InChI is InChI=1S/C20H25N3O3/c1-25-12-11-23-13-18(17-7-9-21-10-8-17)19(14-23)22-20(24)26-15-16-5-3-2-4-6-16/h2-10,18-19H,11-15H2,1H3,(H,22,24). The number of pyridine rings is 1. The summed E-state index contributed by atoms with van der Waals surface area (Å²) in [6, 6.07) is 13.7. The summed E-state index contributed by atoms with van der Waals surface area (Å²) in [7, 11) is 1.70. The van der Waals surface area contributed by atoms with E-state index in [1.54, 1.807) is 19.5 Å². The molecule has 0 spiro atoms. The van der Waals surface area contributed by atoms with Gasteiger partial charge in [0.1, 0.15) is 6.61 Å². The Hall–Kier alpha value is -2.44. The smallest absolute Gasteiger partial charge is 0.407 e. The fraction of sp³-hybridized carbons (Fsp3) is 0.400. The first kappa shape index (κ1) is 18.4. The van der Waals surface area contributed by atoms with Crippen molar-refractivity contribution in [2.45, 2.75) is 18.6 Å². The van der Waals surface area contributed by atoms with E-state index < -0.39 is 0 Å². The lowest BCUT2D eigenvalue weighted by atomic mass is 9.95. The van der Waals surface area contributed by atoms with Crippen LogP contribution in [0.1, 0.15) is 17.0 Å². The summed E-state index contributed by atoms with van der Waals surface area (Å²) in [6.07, 6.45) is 3.20. The maximum absolute atomic E-state index is 12.3. The van der Waals surface area contributed by atoms with Gasteiger partial charge in [-0.3, -0.25) is 9.88 Å². The van der Waals surface area contributed by atoms with E-state index in [9.17, 15) is 4.79 Å². The fourth-order valence-corrected chi connectivity index (χ4v) is 3.30. The quantitative estimate of drug-likeness (QED) is 0.826. The lowest BCUT2D eigenvalue weighted by Gasteiger charge is -2.20. The monoisotopic (exact) mass is 355 g/mol. The summed E-state index contributed by atoms with van der Waals surface area (Å²) >= 11 is 0. The van der Waals surface area contributed by atoms with Gasteiger partial charge >= 0.3 is 6.09 Å².